The summed E-state index contributed by atoms with van der Waals surface area (Å²) in [5.74, 6) is 0.698. The van der Waals surface area contributed by atoms with E-state index in [-0.39, 0.29) is 11.8 Å². The van der Waals surface area contributed by atoms with E-state index in [1.165, 1.54) is 0 Å². The Balaban J connectivity index is 1.70. The van der Waals surface area contributed by atoms with Crippen LogP contribution in [0.25, 0.3) is 0 Å². The highest BCUT2D eigenvalue weighted by molar-refractivity contribution is 5.96. The Bertz CT molecular complexity index is 847. The third-order valence-corrected chi connectivity index (χ3v) is 5.01. The smallest absolute Gasteiger partial charge is 0.254 e. The topological polar surface area (TPSA) is 49.9 Å². The van der Waals surface area contributed by atoms with E-state index in [1.54, 1.807) is 19.2 Å². The summed E-state index contributed by atoms with van der Waals surface area (Å²) in [7, 11) is 1.59. The summed E-state index contributed by atoms with van der Waals surface area (Å²) in [5, 5.41) is 0. The lowest BCUT2D eigenvalue weighted by Gasteiger charge is -2.23. The molecule has 1 aliphatic heterocycles. The molecule has 0 saturated carbocycles. The quantitative estimate of drug-likeness (QED) is 0.837. The van der Waals surface area contributed by atoms with Crippen molar-refractivity contribution in [2.45, 2.75) is 20.3 Å². The Morgan fingerprint density at radius 3 is 2.30 bits per heavy atom. The number of hydrogen-bond donors (Lipinski definition) is 0. The summed E-state index contributed by atoms with van der Waals surface area (Å²) in [6, 6.07) is 13.1. The number of carbonyl (C=O) groups is 2. The van der Waals surface area contributed by atoms with E-state index in [2.05, 4.69) is 0 Å². The van der Waals surface area contributed by atoms with Crippen molar-refractivity contribution in [2.75, 3.05) is 33.3 Å². The van der Waals surface area contributed by atoms with Gasteiger partial charge in [-0.15, -0.1) is 0 Å². The number of carbonyl (C=O) groups excluding carboxylic acids is 2. The van der Waals surface area contributed by atoms with Crippen molar-refractivity contribution < 1.29 is 14.3 Å². The van der Waals surface area contributed by atoms with E-state index in [0.29, 0.717) is 37.5 Å². The van der Waals surface area contributed by atoms with Gasteiger partial charge in [0.15, 0.2) is 0 Å². The largest absolute Gasteiger partial charge is 0.497 e. The Kier molecular flexibility index (Phi) is 5.79. The highest BCUT2D eigenvalue weighted by Gasteiger charge is 2.24. The zero-order valence-corrected chi connectivity index (χ0v) is 16.2. The summed E-state index contributed by atoms with van der Waals surface area (Å²) in [6.45, 7) is 6.34. The first kappa shape index (κ1) is 19.0. The summed E-state index contributed by atoms with van der Waals surface area (Å²) < 4.78 is 5.21. The SMILES string of the molecule is COc1cccc(C(=O)N2CCCN(C(=O)c3cc(C)ccc3C)CC2)c1. The number of amides is 2. The van der Waals surface area contributed by atoms with Crippen molar-refractivity contribution in [1.29, 1.82) is 0 Å². The fraction of sp³-hybridized carbons (Fsp3) is 0.364. The van der Waals surface area contributed by atoms with Gasteiger partial charge in [-0.3, -0.25) is 9.59 Å². The van der Waals surface area contributed by atoms with Gasteiger partial charge in [0, 0.05) is 37.3 Å². The maximum absolute atomic E-state index is 13.0. The molecule has 2 aromatic carbocycles. The summed E-state index contributed by atoms with van der Waals surface area (Å²) in [4.78, 5) is 29.5. The summed E-state index contributed by atoms with van der Waals surface area (Å²) in [6.07, 6.45) is 0.770. The molecular formula is C22H26N2O3. The molecule has 0 radical (unpaired) electrons. The van der Waals surface area contributed by atoms with Crippen LogP contribution in [-0.2, 0) is 0 Å². The first-order valence-electron chi connectivity index (χ1n) is 9.29. The van der Waals surface area contributed by atoms with Gasteiger partial charge in [-0.1, -0.05) is 23.8 Å². The third kappa shape index (κ3) is 4.30. The third-order valence-electron chi connectivity index (χ3n) is 5.01. The van der Waals surface area contributed by atoms with Gasteiger partial charge in [0.05, 0.1) is 7.11 Å². The van der Waals surface area contributed by atoms with E-state index >= 15 is 0 Å². The standard InChI is InChI=1S/C22H26N2O3/c1-16-8-9-17(2)20(14-16)22(26)24-11-5-10-23(12-13-24)21(25)18-6-4-7-19(15-18)27-3/h4,6-9,14-15H,5,10-13H2,1-3H3. The summed E-state index contributed by atoms with van der Waals surface area (Å²) in [5.41, 5.74) is 3.43. The minimum Gasteiger partial charge on any atom is -0.497 e. The lowest BCUT2D eigenvalue weighted by molar-refractivity contribution is 0.0718. The van der Waals surface area contributed by atoms with Gasteiger partial charge in [0.2, 0.25) is 0 Å². The molecule has 5 heteroatoms. The fourth-order valence-electron chi connectivity index (χ4n) is 3.40. The number of benzene rings is 2. The van der Waals surface area contributed by atoms with E-state index < -0.39 is 0 Å². The van der Waals surface area contributed by atoms with Crippen LogP contribution in [0.3, 0.4) is 0 Å². The van der Waals surface area contributed by atoms with Crippen LogP contribution in [0.1, 0.15) is 38.3 Å². The normalized spacial score (nSPS) is 14.6. The molecule has 0 aliphatic carbocycles. The molecule has 1 aliphatic rings. The second kappa shape index (κ2) is 8.25. The van der Waals surface area contributed by atoms with Crippen molar-refractivity contribution in [2.24, 2.45) is 0 Å². The molecule has 2 aromatic rings. The molecule has 1 heterocycles. The number of ether oxygens (including phenoxy) is 1. The van der Waals surface area contributed by atoms with Gasteiger partial charge in [-0.2, -0.15) is 0 Å². The zero-order chi connectivity index (χ0) is 19.4. The van der Waals surface area contributed by atoms with Crippen LogP contribution < -0.4 is 4.74 Å². The molecule has 0 spiro atoms. The molecule has 0 unspecified atom stereocenters. The Morgan fingerprint density at radius 2 is 1.59 bits per heavy atom. The van der Waals surface area contributed by atoms with E-state index in [1.807, 2.05) is 54.0 Å². The van der Waals surface area contributed by atoms with E-state index in [4.69, 9.17) is 4.74 Å². The molecule has 0 N–H and O–H groups in total. The van der Waals surface area contributed by atoms with Gasteiger partial charge >= 0.3 is 0 Å². The molecule has 27 heavy (non-hydrogen) atoms. The van der Waals surface area contributed by atoms with Crippen LogP contribution in [0.5, 0.6) is 5.75 Å². The van der Waals surface area contributed by atoms with Gasteiger partial charge in [-0.05, 0) is 50.1 Å². The van der Waals surface area contributed by atoms with Crippen LogP contribution >= 0.6 is 0 Å². The van der Waals surface area contributed by atoms with Crippen LogP contribution in [0, 0.1) is 13.8 Å². The predicted octanol–water partition coefficient (Wildman–Crippen LogP) is 3.30. The molecule has 2 amide bonds. The Labute approximate surface area is 160 Å². The number of methoxy groups -OCH3 is 1. The predicted molar refractivity (Wildman–Crippen MR) is 105 cm³/mol. The minimum absolute atomic E-state index is 0.0186. The minimum atomic E-state index is -0.0186. The fourth-order valence-corrected chi connectivity index (χ4v) is 3.40. The highest BCUT2D eigenvalue weighted by Crippen LogP contribution is 2.18. The maximum atomic E-state index is 13.0. The van der Waals surface area contributed by atoms with Crippen LogP contribution in [0.15, 0.2) is 42.5 Å². The van der Waals surface area contributed by atoms with Crippen molar-refractivity contribution in [3.8, 4) is 5.75 Å². The molecular weight excluding hydrogens is 340 g/mol. The molecule has 142 valence electrons. The molecule has 3 rings (SSSR count). The molecule has 1 fully saturated rings. The second-order valence-corrected chi connectivity index (χ2v) is 6.99. The number of rotatable bonds is 3. The average molecular weight is 366 g/mol. The summed E-state index contributed by atoms with van der Waals surface area (Å²) >= 11 is 0. The Hall–Kier alpha value is -2.82. The van der Waals surface area contributed by atoms with Gasteiger partial charge < -0.3 is 14.5 Å². The van der Waals surface area contributed by atoms with E-state index in [0.717, 1.165) is 23.1 Å². The monoisotopic (exact) mass is 366 g/mol. The van der Waals surface area contributed by atoms with Crippen LogP contribution in [0.2, 0.25) is 0 Å². The molecule has 1 saturated heterocycles. The number of aryl methyl sites for hydroxylation is 2. The Morgan fingerprint density at radius 1 is 0.889 bits per heavy atom. The van der Waals surface area contributed by atoms with Gasteiger partial charge in [0.25, 0.3) is 11.8 Å². The van der Waals surface area contributed by atoms with Crippen molar-refractivity contribution in [3.05, 3.63) is 64.7 Å². The number of hydrogen-bond acceptors (Lipinski definition) is 3. The zero-order valence-electron chi connectivity index (χ0n) is 16.2. The lowest BCUT2D eigenvalue weighted by atomic mass is 10.0. The maximum Gasteiger partial charge on any atom is 0.254 e. The first-order valence-corrected chi connectivity index (χ1v) is 9.29. The van der Waals surface area contributed by atoms with Gasteiger partial charge in [0.1, 0.15) is 5.75 Å². The molecule has 0 aromatic heterocycles. The average Bonchev–Trinajstić information content (AvgIpc) is 2.95. The number of nitrogens with zero attached hydrogens (tertiary/aromatic N) is 2. The molecule has 0 atom stereocenters. The van der Waals surface area contributed by atoms with Crippen molar-refractivity contribution >= 4 is 11.8 Å². The van der Waals surface area contributed by atoms with Crippen LogP contribution in [0.4, 0.5) is 0 Å². The van der Waals surface area contributed by atoms with Gasteiger partial charge in [-0.25, -0.2) is 0 Å². The highest BCUT2D eigenvalue weighted by atomic mass is 16.5. The second-order valence-electron chi connectivity index (χ2n) is 6.99. The van der Waals surface area contributed by atoms with E-state index in [9.17, 15) is 9.59 Å². The molecule has 5 nitrogen and oxygen atoms in total. The van der Waals surface area contributed by atoms with Crippen molar-refractivity contribution in [1.82, 2.24) is 9.80 Å². The molecule has 0 bridgehead atoms. The lowest BCUT2D eigenvalue weighted by Crippen LogP contribution is -2.37. The van der Waals surface area contributed by atoms with Crippen LogP contribution in [-0.4, -0.2) is 54.9 Å². The first-order chi connectivity index (χ1) is 13.0. The van der Waals surface area contributed by atoms with Crippen molar-refractivity contribution in [3.63, 3.8) is 0 Å².